The van der Waals surface area contributed by atoms with Crippen molar-refractivity contribution in [2.75, 3.05) is 45.2 Å². The summed E-state index contributed by atoms with van der Waals surface area (Å²) >= 11 is 0. The van der Waals surface area contributed by atoms with Crippen LogP contribution in [0.15, 0.2) is 42.7 Å². The summed E-state index contributed by atoms with van der Waals surface area (Å²) in [7, 11) is 3.89. The number of hydrogen-bond acceptors (Lipinski definition) is 5. The monoisotopic (exact) mass is 409 g/mol. The van der Waals surface area contributed by atoms with Crippen molar-refractivity contribution in [1.29, 1.82) is 0 Å². The van der Waals surface area contributed by atoms with E-state index in [9.17, 15) is 9.59 Å². The Balaban J connectivity index is 1.68. The second-order valence-electron chi connectivity index (χ2n) is 8.12. The van der Waals surface area contributed by atoms with E-state index in [1.807, 2.05) is 65.2 Å². The number of carbonyl (C=O) groups is 2. The number of amides is 2. The third kappa shape index (κ3) is 6.02. The van der Waals surface area contributed by atoms with Gasteiger partial charge in [-0.3, -0.25) is 9.59 Å². The lowest BCUT2D eigenvalue weighted by atomic mass is 10.0. The van der Waals surface area contributed by atoms with Crippen molar-refractivity contribution in [2.24, 2.45) is 5.92 Å². The van der Waals surface area contributed by atoms with Gasteiger partial charge in [0.25, 0.3) is 0 Å². The molecule has 2 heterocycles. The van der Waals surface area contributed by atoms with Crippen LogP contribution in [0.25, 0.3) is 0 Å². The maximum atomic E-state index is 12.9. The molecule has 1 aliphatic rings. The number of hydrogen-bond donors (Lipinski definition) is 0. The smallest absolute Gasteiger partial charge is 0.222 e. The fraction of sp³-hybridized carbons (Fsp3) is 0.478. The van der Waals surface area contributed by atoms with Crippen LogP contribution in [0.5, 0.6) is 0 Å². The molecule has 1 aliphatic heterocycles. The molecule has 2 amide bonds. The third-order valence-electron chi connectivity index (χ3n) is 5.53. The number of carbonyl (C=O) groups excluding carboxylic acids is 2. The Bertz CT molecular complexity index is 856. The Morgan fingerprint density at radius 1 is 1.07 bits per heavy atom. The van der Waals surface area contributed by atoms with E-state index >= 15 is 0 Å². The van der Waals surface area contributed by atoms with Gasteiger partial charge in [-0.1, -0.05) is 30.3 Å². The highest BCUT2D eigenvalue weighted by Gasteiger charge is 2.27. The lowest BCUT2D eigenvalue weighted by molar-refractivity contribution is -0.132. The molecular formula is C23H31N5O2. The number of rotatable bonds is 6. The summed E-state index contributed by atoms with van der Waals surface area (Å²) in [4.78, 5) is 39.4. The fourth-order valence-electron chi connectivity index (χ4n) is 3.84. The SMILES string of the molecule is CC(=O)N1CCN(C(=O)CCc2ccccc2)C[C@@H](Cc2cc(N(C)C)ncn2)C1. The molecule has 1 saturated heterocycles. The second-order valence-corrected chi connectivity index (χ2v) is 8.12. The topological polar surface area (TPSA) is 69.6 Å². The molecule has 0 spiro atoms. The molecule has 2 aromatic rings. The van der Waals surface area contributed by atoms with Gasteiger partial charge in [-0.05, 0) is 24.3 Å². The lowest BCUT2D eigenvalue weighted by Gasteiger charge is -2.24. The van der Waals surface area contributed by atoms with E-state index in [0.29, 0.717) is 39.0 Å². The zero-order valence-electron chi connectivity index (χ0n) is 18.1. The second kappa shape index (κ2) is 10.2. The van der Waals surface area contributed by atoms with Gasteiger partial charge in [-0.15, -0.1) is 0 Å². The molecule has 0 radical (unpaired) electrons. The Morgan fingerprint density at radius 2 is 1.77 bits per heavy atom. The molecule has 1 atom stereocenters. The number of nitrogens with zero attached hydrogens (tertiary/aromatic N) is 5. The molecule has 1 aromatic carbocycles. The molecule has 0 aliphatic carbocycles. The normalized spacial score (nSPS) is 16.8. The van der Waals surface area contributed by atoms with Crippen molar-refractivity contribution in [2.45, 2.75) is 26.2 Å². The zero-order chi connectivity index (χ0) is 21.5. The van der Waals surface area contributed by atoms with Crippen LogP contribution in [-0.4, -0.2) is 71.9 Å². The van der Waals surface area contributed by atoms with E-state index < -0.39 is 0 Å². The Morgan fingerprint density at radius 3 is 2.47 bits per heavy atom. The highest BCUT2D eigenvalue weighted by molar-refractivity contribution is 5.77. The molecular weight excluding hydrogens is 378 g/mol. The number of anilines is 1. The van der Waals surface area contributed by atoms with Gasteiger partial charge in [0.2, 0.25) is 11.8 Å². The van der Waals surface area contributed by atoms with E-state index in [1.54, 1.807) is 13.3 Å². The maximum Gasteiger partial charge on any atom is 0.222 e. The van der Waals surface area contributed by atoms with Crippen LogP contribution < -0.4 is 4.90 Å². The van der Waals surface area contributed by atoms with Gasteiger partial charge in [-0.2, -0.15) is 0 Å². The van der Waals surface area contributed by atoms with Crippen LogP contribution in [0.2, 0.25) is 0 Å². The average molecular weight is 410 g/mol. The first kappa shape index (κ1) is 21.7. The van der Waals surface area contributed by atoms with Gasteiger partial charge in [-0.25, -0.2) is 9.97 Å². The molecule has 0 unspecified atom stereocenters. The first-order valence-corrected chi connectivity index (χ1v) is 10.5. The minimum Gasteiger partial charge on any atom is -0.363 e. The summed E-state index contributed by atoms with van der Waals surface area (Å²) in [6.07, 6.45) is 3.49. The van der Waals surface area contributed by atoms with Crippen LogP contribution in [0.3, 0.4) is 0 Å². The quantitative estimate of drug-likeness (QED) is 0.730. The molecule has 1 fully saturated rings. The third-order valence-corrected chi connectivity index (χ3v) is 5.53. The van der Waals surface area contributed by atoms with Crippen molar-refractivity contribution >= 4 is 17.6 Å². The van der Waals surface area contributed by atoms with Crippen molar-refractivity contribution < 1.29 is 9.59 Å². The van der Waals surface area contributed by atoms with E-state index in [1.165, 1.54) is 5.56 Å². The summed E-state index contributed by atoms with van der Waals surface area (Å²) in [5.41, 5.74) is 2.10. The summed E-state index contributed by atoms with van der Waals surface area (Å²) < 4.78 is 0. The highest BCUT2D eigenvalue weighted by Crippen LogP contribution is 2.18. The fourth-order valence-corrected chi connectivity index (χ4v) is 3.84. The lowest BCUT2D eigenvalue weighted by Crippen LogP contribution is -2.37. The van der Waals surface area contributed by atoms with E-state index in [-0.39, 0.29) is 17.7 Å². The summed E-state index contributed by atoms with van der Waals surface area (Å²) in [6, 6.07) is 12.0. The Labute approximate surface area is 178 Å². The molecule has 160 valence electrons. The maximum absolute atomic E-state index is 12.9. The summed E-state index contributed by atoms with van der Waals surface area (Å²) in [5.74, 6) is 1.19. The van der Waals surface area contributed by atoms with Crippen LogP contribution in [-0.2, 0) is 22.4 Å². The van der Waals surface area contributed by atoms with Crippen molar-refractivity contribution in [3.8, 4) is 0 Å². The van der Waals surface area contributed by atoms with Gasteiger partial charge in [0.15, 0.2) is 0 Å². The molecule has 3 rings (SSSR count). The number of benzene rings is 1. The van der Waals surface area contributed by atoms with Gasteiger partial charge in [0.1, 0.15) is 12.1 Å². The molecule has 0 bridgehead atoms. The van der Waals surface area contributed by atoms with E-state index in [0.717, 1.165) is 17.9 Å². The first-order valence-electron chi connectivity index (χ1n) is 10.5. The Kier molecular flexibility index (Phi) is 7.38. The van der Waals surface area contributed by atoms with Crippen molar-refractivity contribution in [3.05, 3.63) is 54.0 Å². The minimum absolute atomic E-state index is 0.0512. The predicted octanol–water partition coefficient (Wildman–Crippen LogP) is 2.02. The van der Waals surface area contributed by atoms with Gasteiger partial charge in [0, 0.05) is 65.4 Å². The Hall–Kier alpha value is -2.96. The van der Waals surface area contributed by atoms with E-state index in [4.69, 9.17) is 0 Å². The molecule has 1 aromatic heterocycles. The minimum atomic E-state index is 0.0512. The molecule has 0 saturated carbocycles. The summed E-state index contributed by atoms with van der Waals surface area (Å²) in [6.45, 7) is 4.03. The highest BCUT2D eigenvalue weighted by atomic mass is 16.2. The molecule has 0 N–H and O–H groups in total. The molecule has 30 heavy (non-hydrogen) atoms. The van der Waals surface area contributed by atoms with Gasteiger partial charge < -0.3 is 14.7 Å². The van der Waals surface area contributed by atoms with Crippen LogP contribution >= 0.6 is 0 Å². The van der Waals surface area contributed by atoms with Crippen molar-refractivity contribution in [1.82, 2.24) is 19.8 Å². The van der Waals surface area contributed by atoms with Crippen molar-refractivity contribution in [3.63, 3.8) is 0 Å². The average Bonchev–Trinajstić information content (AvgIpc) is 2.96. The number of aryl methyl sites for hydroxylation is 1. The van der Waals surface area contributed by atoms with Crippen LogP contribution in [0.4, 0.5) is 5.82 Å². The first-order chi connectivity index (χ1) is 14.4. The number of aromatic nitrogens is 2. The van der Waals surface area contributed by atoms with Gasteiger partial charge >= 0.3 is 0 Å². The standard InChI is InChI=1S/C23H31N5O2/c1-18(29)27-11-12-28(23(30)10-9-19-7-5-4-6-8-19)16-20(15-27)13-21-14-22(26(2)3)25-17-24-21/h4-8,14,17,20H,9-13,15-16H2,1-3H3/t20-/m0/s1. The largest absolute Gasteiger partial charge is 0.363 e. The van der Waals surface area contributed by atoms with Crippen LogP contribution in [0, 0.1) is 5.92 Å². The molecule has 7 heteroatoms. The summed E-state index contributed by atoms with van der Waals surface area (Å²) in [5, 5.41) is 0. The van der Waals surface area contributed by atoms with E-state index in [2.05, 4.69) is 9.97 Å². The van der Waals surface area contributed by atoms with Gasteiger partial charge in [0.05, 0.1) is 0 Å². The molecule has 7 nitrogen and oxygen atoms in total. The zero-order valence-corrected chi connectivity index (χ0v) is 18.1. The predicted molar refractivity (Wildman–Crippen MR) is 117 cm³/mol. The van der Waals surface area contributed by atoms with Crippen LogP contribution in [0.1, 0.15) is 24.6 Å².